The zero-order valence-corrected chi connectivity index (χ0v) is 25.4. The molecule has 2 saturated heterocycles. The van der Waals surface area contributed by atoms with Crippen LogP contribution in [0.25, 0.3) is 5.70 Å². The van der Waals surface area contributed by atoms with Crippen molar-refractivity contribution in [3.05, 3.63) is 38.7 Å². The Morgan fingerprint density at radius 2 is 2.00 bits per heavy atom. The molecule has 2 aromatic heterocycles. The molecule has 0 aromatic carbocycles. The summed E-state index contributed by atoms with van der Waals surface area (Å²) in [5, 5.41) is 10.5. The summed E-state index contributed by atoms with van der Waals surface area (Å²) in [5.41, 5.74) is 16.6. The van der Waals surface area contributed by atoms with Gasteiger partial charge in [-0.15, -0.1) is 11.3 Å². The van der Waals surface area contributed by atoms with E-state index in [-0.39, 0.29) is 17.3 Å². The molecule has 4 N–H and O–H groups in total. The predicted octanol–water partition coefficient (Wildman–Crippen LogP) is 4.15. The highest BCUT2D eigenvalue weighted by Crippen LogP contribution is 2.52. The third kappa shape index (κ3) is 4.11. The van der Waals surface area contributed by atoms with Gasteiger partial charge in [0, 0.05) is 34.1 Å². The fraction of sp³-hybridized carbons (Fsp3) is 0.625. The first-order chi connectivity index (χ1) is 20.3. The number of hydrogen-bond acceptors (Lipinski definition) is 10. The number of hydrogen-bond donors (Lipinski definition) is 2. The van der Waals surface area contributed by atoms with E-state index >= 15 is 0 Å². The molecule has 3 aliphatic carbocycles. The highest BCUT2D eigenvalue weighted by molar-refractivity contribution is 7.16. The molecule has 1 unspecified atom stereocenters. The van der Waals surface area contributed by atoms with Gasteiger partial charge in [0.2, 0.25) is 5.88 Å². The van der Waals surface area contributed by atoms with Gasteiger partial charge in [-0.3, -0.25) is 9.69 Å². The van der Waals surface area contributed by atoms with Crippen molar-refractivity contribution >= 4 is 27.8 Å². The standard InChI is InChI=1S/C32H40N6O3S/c1-18(22-7-5-14-38(22)2)41-30-20-9-12-31(13-15-40-17-31)26(20)36-29(37-30)25(34)19-6-3-10-32(27(19)39)11-4-8-23-24(32)21(16-33)28(35)42-23/h18,22H,3-15,17,34-35H2,1-2H3/b25-19-/t18-,22-,31?,32-/m0/s1. The molecular formula is C32H40N6O3S. The lowest BCUT2D eigenvalue weighted by atomic mass is 9.61. The highest BCUT2D eigenvalue weighted by atomic mass is 32.1. The molecule has 222 valence electrons. The van der Waals surface area contributed by atoms with Gasteiger partial charge in [0.05, 0.1) is 29.0 Å². The summed E-state index contributed by atoms with van der Waals surface area (Å²) >= 11 is 1.46. The number of nitrogens with zero attached hydrogens (tertiary/aromatic N) is 4. The number of likely N-dealkylation sites (N-methyl/N-ethyl adjacent to an activating group) is 1. The van der Waals surface area contributed by atoms with Crippen LogP contribution >= 0.6 is 11.3 Å². The average molecular weight is 589 g/mol. The lowest BCUT2D eigenvalue weighted by Crippen LogP contribution is -2.43. The molecule has 0 amide bonds. The minimum atomic E-state index is -0.761. The second kappa shape index (κ2) is 10.3. The van der Waals surface area contributed by atoms with Gasteiger partial charge in [-0.2, -0.15) is 10.2 Å². The molecule has 4 heterocycles. The summed E-state index contributed by atoms with van der Waals surface area (Å²) in [5.74, 6) is 0.990. The van der Waals surface area contributed by atoms with Gasteiger partial charge < -0.3 is 20.9 Å². The first-order valence-electron chi connectivity index (χ1n) is 15.5. The van der Waals surface area contributed by atoms with Crippen molar-refractivity contribution in [2.24, 2.45) is 5.73 Å². The quantitative estimate of drug-likeness (QED) is 0.504. The van der Waals surface area contributed by atoms with Crippen LogP contribution in [0.2, 0.25) is 0 Å². The van der Waals surface area contributed by atoms with E-state index in [2.05, 4.69) is 24.9 Å². The third-order valence-corrected chi connectivity index (χ3v) is 11.8. The van der Waals surface area contributed by atoms with E-state index < -0.39 is 5.41 Å². The number of likely N-dealkylation sites (tertiary alicyclic amines) is 1. The van der Waals surface area contributed by atoms with Crippen molar-refractivity contribution in [2.75, 3.05) is 32.5 Å². The maximum absolute atomic E-state index is 14.5. The number of Topliss-reactive ketones (excluding diaryl/α,β-unsaturated/α-hetero) is 1. The van der Waals surface area contributed by atoms with Crippen molar-refractivity contribution in [3.63, 3.8) is 0 Å². The highest BCUT2D eigenvalue weighted by Gasteiger charge is 2.50. The van der Waals surface area contributed by atoms with Crippen LogP contribution in [0.1, 0.15) is 97.8 Å². The van der Waals surface area contributed by atoms with Crippen LogP contribution in [0, 0.1) is 11.3 Å². The van der Waals surface area contributed by atoms with Crippen LogP contribution in [0.3, 0.4) is 0 Å². The number of ether oxygens (including phenoxy) is 2. The minimum Gasteiger partial charge on any atom is -0.473 e. The Morgan fingerprint density at radius 3 is 2.71 bits per heavy atom. The van der Waals surface area contributed by atoms with Crippen molar-refractivity contribution in [2.45, 2.75) is 101 Å². The zero-order valence-electron chi connectivity index (χ0n) is 24.6. The van der Waals surface area contributed by atoms with Gasteiger partial charge in [0.15, 0.2) is 11.6 Å². The molecule has 5 aliphatic rings. The van der Waals surface area contributed by atoms with Crippen LogP contribution in [-0.2, 0) is 33.2 Å². The Morgan fingerprint density at radius 1 is 1.19 bits per heavy atom. The van der Waals surface area contributed by atoms with Crippen LogP contribution in [-0.4, -0.2) is 59.6 Å². The summed E-state index contributed by atoms with van der Waals surface area (Å²) in [6.45, 7) is 4.54. The van der Waals surface area contributed by atoms with Gasteiger partial charge in [0.25, 0.3) is 0 Å². The number of aromatic nitrogens is 2. The number of anilines is 1. The molecule has 9 nitrogen and oxygen atoms in total. The summed E-state index contributed by atoms with van der Waals surface area (Å²) in [7, 11) is 2.15. The van der Waals surface area contributed by atoms with Crippen LogP contribution in [0.5, 0.6) is 5.88 Å². The van der Waals surface area contributed by atoms with Gasteiger partial charge in [-0.1, -0.05) is 0 Å². The van der Waals surface area contributed by atoms with Crippen molar-refractivity contribution in [1.82, 2.24) is 14.9 Å². The van der Waals surface area contributed by atoms with Crippen LogP contribution in [0.15, 0.2) is 5.57 Å². The van der Waals surface area contributed by atoms with Crippen molar-refractivity contribution in [1.29, 1.82) is 5.26 Å². The molecule has 2 aliphatic heterocycles. The topological polar surface area (TPSA) is 140 Å². The number of rotatable bonds is 4. The molecule has 2 aromatic rings. The number of thiophene rings is 1. The molecule has 3 fully saturated rings. The molecule has 2 spiro atoms. The Hall–Kier alpha value is -3.00. The molecule has 0 radical (unpaired) electrons. The number of fused-ring (bicyclic) bond motifs is 4. The largest absolute Gasteiger partial charge is 0.473 e. The second-order valence-electron chi connectivity index (χ2n) is 13.0. The van der Waals surface area contributed by atoms with E-state index in [9.17, 15) is 10.1 Å². The fourth-order valence-corrected chi connectivity index (χ4v) is 9.68. The number of carbonyl (C=O) groups excluding carboxylic acids is 1. The zero-order chi connectivity index (χ0) is 29.2. The molecule has 0 bridgehead atoms. The van der Waals surface area contributed by atoms with E-state index in [1.165, 1.54) is 11.3 Å². The molecule has 42 heavy (non-hydrogen) atoms. The van der Waals surface area contributed by atoms with E-state index in [4.69, 9.17) is 30.9 Å². The first kappa shape index (κ1) is 27.8. The Labute approximate surface area is 251 Å². The van der Waals surface area contributed by atoms with Crippen LogP contribution in [0.4, 0.5) is 5.00 Å². The van der Waals surface area contributed by atoms with E-state index in [0.717, 1.165) is 79.6 Å². The Balaban J connectivity index is 1.32. The van der Waals surface area contributed by atoms with Crippen molar-refractivity contribution < 1.29 is 14.3 Å². The summed E-state index contributed by atoms with van der Waals surface area (Å²) < 4.78 is 12.5. The second-order valence-corrected chi connectivity index (χ2v) is 14.2. The van der Waals surface area contributed by atoms with Gasteiger partial charge >= 0.3 is 0 Å². The Kier molecular flexibility index (Phi) is 6.83. The van der Waals surface area contributed by atoms with E-state index in [1.54, 1.807) is 0 Å². The van der Waals surface area contributed by atoms with Crippen molar-refractivity contribution in [3.8, 4) is 11.9 Å². The van der Waals surface area contributed by atoms with Crippen LogP contribution < -0.4 is 16.2 Å². The minimum absolute atomic E-state index is 0.00734. The summed E-state index contributed by atoms with van der Waals surface area (Å²) in [4.78, 5) is 28.0. The lowest BCUT2D eigenvalue weighted by molar-refractivity contribution is -0.122. The predicted molar refractivity (Wildman–Crippen MR) is 161 cm³/mol. The van der Waals surface area contributed by atoms with Gasteiger partial charge in [-0.25, -0.2) is 4.98 Å². The average Bonchev–Trinajstić information content (AvgIpc) is 3.77. The number of allylic oxidation sites excluding steroid dienone is 1. The SMILES string of the molecule is C[C@H](Oc1nc(/C(N)=C2\CCC[C@@]3(CCCc4sc(N)c(C#N)c43)C2=O)nc2c1CCC21CCOC1)[C@@H]1CCCN1C. The van der Waals surface area contributed by atoms with E-state index in [1.807, 2.05) is 0 Å². The van der Waals surface area contributed by atoms with Gasteiger partial charge in [0.1, 0.15) is 17.2 Å². The maximum Gasteiger partial charge on any atom is 0.220 e. The third-order valence-electron chi connectivity index (χ3n) is 10.8. The number of nitriles is 1. The summed E-state index contributed by atoms with van der Waals surface area (Å²) in [6, 6.07) is 2.63. The molecule has 1 saturated carbocycles. The number of nitrogen functional groups attached to an aromatic ring is 1. The molecule has 4 atom stereocenters. The fourth-order valence-electron chi connectivity index (χ4n) is 8.52. The monoisotopic (exact) mass is 588 g/mol. The number of nitrogens with two attached hydrogens (primary N) is 2. The van der Waals surface area contributed by atoms with E-state index in [0.29, 0.717) is 72.1 Å². The number of ketones is 1. The first-order valence-corrected chi connectivity index (χ1v) is 16.3. The molecular weight excluding hydrogens is 548 g/mol. The summed E-state index contributed by atoms with van der Waals surface area (Å²) in [6.07, 6.45) is 9.44. The van der Waals surface area contributed by atoms with Gasteiger partial charge in [-0.05, 0) is 96.7 Å². The maximum atomic E-state index is 14.5. The molecule has 7 rings (SSSR count). The smallest absolute Gasteiger partial charge is 0.220 e. The molecule has 10 heteroatoms. The number of carbonyl (C=O) groups is 1. The normalized spacial score (nSPS) is 30.9. The number of aryl methyl sites for hydroxylation is 1. The lowest BCUT2D eigenvalue weighted by Gasteiger charge is -2.40. The Bertz CT molecular complexity index is 1520.